The van der Waals surface area contributed by atoms with Crippen LogP contribution in [0.1, 0.15) is 11.3 Å². The number of nitrogens with one attached hydrogen (secondary N) is 1. The monoisotopic (exact) mass is 581 g/mol. The molecule has 3 atom stereocenters. The van der Waals surface area contributed by atoms with E-state index in [-0.39, 0.29) is 36.3 Å². The van der Waals surface area contributed by atoms with E-state index in [1.165, 1.54) is 41.8 Å². The lowest BCUT2D eigenvalue weighted by molar-refractivity contribution is -0.151. The Morgan fingerprint density at radius 1 is 1.25 bits per heavy atom. The highest BCUT2D eigenvalue weighted by Gasteiger charge is 2.58. The van der Waals surface area contributed by atoms with Crippen LogP contribution in [0, 0.1) is 0 Å². The van der Waals surface area contributed by atoms with Gasteiger partial charge in [0.25, 0.3) is 5.91 Å². The number of furan rings is 2. The minimum atomic E-state index is -1.33. The van der Waals surface area contributed by atoms with Crippen LogP contribution in [0.3, 0.4) is 0 Å². The number of carbonyl (C=O) groups excluding carboxylic acids is 2. The molecule has 0 spiro atoms. The maximum Gasteiger partial charge on any atom is 0.322 e. The number of aliphatic carboxylic acids is 1. The second kappa shape index (κ2) is 10.2. The third-order valence-corrected chi connectivity index (χ3v) is 10.0. The molecule has 6 rings (SSSR count). The normalized spacial score (nSPS) is 22.7. The molecule has 4 aromatic rings. The van der Waals surface area contributed by atoms with Crippen LogP contribution < -0.4 is 5.32 Å². The lowest BCUT2D eigenvalue weighted by Crippen LogP contribution is -2.74. The van der Waals surface area contributed by atoms with Crippen LogP contribution in [0.15, 0.2) is 73.7 Å². The number of carboxylic acid groups (broad SMARTS) is 1. The average Bonchev–Trinajstić information content (AvgIpc) is 3.62. The number of carboxylic acids is 1. The van der Waals surface area contributed by atoms with Crippen molar-refractivity contribution in [2.24, 2.45) is 5.16 Å². The highest BCUT2D eigenvalue weighted by molar-refractivity contribution is 8.05. The number of benzene rings is 2. The molecule has 2 saturated heterocycles. The number of carbonyl (C=O) groups is 3. The zero-order valence-electron chi connectivity index (χ0n) is 21.0. The third kappa shape index (κ3) is 4.30. The summed E-state index contributed by atoms with van der Waals surface area (Å²) in [5.41, 5.74) is 1.80. The van der Waals surface area contributed by atoms with Gasteiger partial charge in [-0.25, -0.2) is 0 Å². The van der Waals surface area contributed by atoms with E-state index in [4.69, 9.17) is 13.7 Å². The molecule has 40 heavy (non-hydrogen) atoms. The Hall–Kier alpha value is -3.94. The first-order valence-electron chi connectivity index (χ1n) is 12.2. The van der Waals surface area contributed by atoms with E-state index in [0.717, 1.165) is 10.8 Å². The number of hydrogen-bond acceptors (Lipinski definition) is 10. The topological polar surface area (TPSA) is 155 Å². The Morgan fingerprint density at radius 3 is 2.83 bits per heavy atom. The van der Waals surface area contributed by atoms with Crippen LogP contribution in [0.2, 0.25) is 0 Å². The molecule has 206 valence electrons. The van der Waals surface area contributed by atoms with Gasteiger partial charge < -0.3 is 34.1 Å². The van der Waals surface area contributed by atoms with Crippen LogP contribution >= 0.6 is 23.5 Å². The number of fused-ring (bicyclic) bond motifs is 4. The van der Waals surface area contributed by atoms with E-state index >= 15 is 0 Å². The van der Waals surface area contributed by atoms with Crippen molar-refractivity contribution in [1.82, 2.24) is 10.2 Å². The largest absolute Gasteiger partial charge is 0.480 e. The summed E-state index contributed by atoms with van der Waals surface area (Å²) in [6, 6.07) is 13.2. The number of oxime groups is 1. The van der Waals surface area contributed by atoms with E-state index in [1.807, 2.05) is 18.2 Å². The first-order chi connectivity index (χ1) is 19.3. The number of amides is 2. The number of rotatable bonds is 8. The highest BCUT2D eigenvalue weighted by atomic mass is 32.2. The van der Waals surface area contributed by atoms with Crippen molar-refractivity contribution in [1.29, 1.82) is 0 Å². The first-order valence-corrected chi connectivity index (χ1v) is 14.1. The quantitative estimate of drug-likeness (QED) is 0.161. The molecule has 2 fully saturated rings. The summed E-state index contributed by atoms with van der Waals surface area (Å²) >= 11 is 2.49. The van der Waals surface area contributed by atoms with Gasteiger partial charge in [0, 0.05) is 28.0 Å². The van der Waals surface area contributed by atoms with Gasteiger partial charge in [-0.15, -0.1) is 23.5 Å². The summed E-state index contributed by atoms with van der Waals surface area (Å²) in [5, 5.41) is 27.5. The van der Waals surface area contributed by atoms with Gasteiger partial charge in [0.1, 0.15) is 34.4 Å². The van der Waals surface area contributed by atoms with Crippen molar-refractivity contribution in [2.75, 3.05) is 19.4 Å². The number of β-lactam (4-membered cyclic amide) rings is 1. The minimum absolute atomic E-state index is 0.0338. The van der Waals surface area contributed by atoms with Crippen molar-refractivity contribution in [2.45, 2.75) is 27.7 Å². The standard InChI is InChI=1S/C27H23N3O8S2/c1-36-29-21(17-5-3-9-37-17)23(32)28-22-24(33)30-12-27(26(34)35,13-39-25(22)30)40-19-6-2-4-16-20(19)15-8-7-14(11-31)10-18(15)38-16/h2-10,22,25,31H,11-13H2,1H3,(H,28,32)(H,34,35)/t22-,25-,27?/m1/s1. The lowest BCUT2D eigenvalue weighted by Gasteiger charge is -2.53. The van der Waals surface area contributed by atoms with Gasteiger partial charge in [-0.2, -0.15) is 0 Å². The Kier molecular flexibility index (Phi) is 6.72. The smallest absolute Gasteiger partial charge is 0.322 e. The minimum Gasteiger partial charge on any atom is -0.480 e. The third-order valence-electron chi connectivity index (χ3n) is 6.89. The molecule has 3 N–H and O–H groups in total. The Balaban J connectivity index is 1.24. The number of hydrogen-bond donors (Lipinski definition) is 3. The van der Waals surface area contributed by atoms with Crippen LogP contribution in [-0.4, -0.2) is 74.2 Å². The first kappa shape index (κ1) is 26.3. The van der Waals surface area contributed by atoms with Crippen molar-refractivity contribution in [3.63, 3.8) is 0 Å². The predicted octanol–water partition coefficient (Wildman–Crippen LogP) is 3.04. The lowest BCUT2D eigenvalue weighted by atomic mass is 10.0. The number of thioether (sulfide) groups is 2. The fourth-order valence-electron chi connectivity index (χ4n) is 4.93. The van der Waals surface area contributed by atoms with Crippen molar-refractivity contribution in [3.05, 3.63) is 66.1 Å². The predicted molar refractivity (Wildman–Crippen MR) is 148 cm³/mol. The fraction of sp³-hybridized carbons (Fsp3) is 0.259. The molecule has 0 aliphatic carbocycles. The molecular formula is C27H23N3O8S2. The number of aliphatic hydroxyl groups excluding tert-OH is 1. The van der Waals surface area contributed by atoms with Gasteiger partial charge in [0.05, 0.1) is 12.9 Å². The maximum atomic E-state index is 13.1. The molecular weight excluding hydrogens is 558 g/mol. The van der Waals surface area contributed by atoms with Crippen LogP contribution in [0.4, 0.5) is 0 Å². The van der Waals surface area contributed by atoms with Gasteiger partial charge in [-0.3, -0.25) is 14.4 Å². The van der Waals surface area contributed by atoms with E-state index in [9.17, 15) is 24.6 Å². The summed E-state index contributed by atoms with van der Waals surface area (Å²) in [4.78, 5) is 45.7. The summed E-state index contributed by atoms with van der Waals surface area (Å²) < 4.78 is 9.92. The molecule has 11 nitrogen and oxygen atoms in total. The van der Waals surface area contributed by atoms with Crippen LogP contribution in [0.5, 0.6) is 0 Å². The Bertz CT molecular complexity index is 1670. The number of aliphatic hydroxyl groups is 1. The fourth-order valence-corrected chi connectivity index (χ4v) is 7.93. The van der Waals surface area contributed by atoms with Crippen molar-refractivity contribution >= 4 is 69.0 Å². The Labute approximate surface area is 235 Å². The second-order valence-corrected chi connectivity index (χ2v) is 11.9. The maximum absolute atomic E-state index is 13.1. The zero-order chi connectivity index (χ0) is 28.0. The van der Waals surface area contributed by atoms with E-state index in [2.05, 4.69) is 10.5 Å². The average molecular weight is 582 g/mol. The van der Waals surface area contributed by atoms with Crippen LogP contribution in [0.25, 0.3) is 21.9 Å². The summed E-state index contributed by atoms with van der Waals surface area (Å²) in [6.45, 7) is -0.155. The van der Waals surface area contributed by atoms with E-state index in [1.54, 1.807) is 30.3 Å². The molecule has 2 amide bonds. The molecule has 2 aliphatic heterocycles. The van der Waals surface area contributed by atoms with E-state index in [0.29, 0.717) is 21.6 Å². The highest BCUT2D eigenvalue weighted by Crippen LogP contribution is 2.48. The SMILES string of the molecule is CON=C(C(=O)N[C@@H]1C(=O)N2CC(Sc3cccc4oc5cc(CO)ccc5c34)(C(=O)O)CS[C@H]12)c1ccco1. The van der Waals surface area contributed by atoms with Gasteiger partial charge in [0.2, 0.25) is 11.6 Å². The van der Waals surface area contributed by atoms with Crippen LogP contribution in [-0.2, 0) is 25.8 Å². The second-order valence-electron chi connectivity index (χ2n) is 9.34. The molecule has 2 aliphatic rings. The van der Waals surface area contributed by atoms with Gasteiger partial charge in [-0.1, -0.05) is 23.4 Å². The van der Waals surface area contributed by atoms with Gasteiger partial charge >= 0.3 is 5.97 Å². The summed E-state index contributed by atoms with van der Waals surface area (Å²) in [5.74, 6) is -1.66. The Morgan fingerprint density at radius 2 is 2.10 bits per heavy atom. The molecule has 4 heterocycles. The van der Waals surface area contributed by atoms with Gasteiger partial charge in [-0.05, 0) is 35.9 Å². The van der Waals surface area contributed by atoms with Gasteiger partial charge in [0.15, 0.2) is 5.76 Å². The summed E-state index contributed by atoms with van der Waals surface area (Å²) in [6.07, 6.45) is 1.39. The van der Waals surface area contributed by atoms with E-state index < -0.39 is 28.0 Å². The molecule has 2 aromatic carbocycles. The zero-order valence-corrected chi connectivity index (χ0v) is 22.7. The molecule has 13 heteroatoms. The molecule has 2 aromatic heterocycles. The molecule has 0 saturated carbocycles. The summed E-state index contributed by atoms with van der Waals surface area (Å²) in [7, 11) is 1.30. The number of nitrogens with zero attached hydrogens (tertiary/aromatic N) is 2. The van der Waals surface area contributed by atoms with Crippen molar-refractivity contribution < 1.29 is 38.3 Å². The molecule has 1 unspecified atom stereocenters. The molecule has 0 bridgehead atoms. The van der Waals surface area contributed by atoms with Crippen molar-refractivity contribution in [3.8, 4) is 0 Å². The molecule has 0 radical (unpaired) electrons.